The minimum Gasteiger partial charge on any atom is -0.491 e. The van der Waals surface area contributed by atoms with Crippen molar-refractivity contribution in [3.63, 3.8) is 0 Å². The van der Waals surface area contributed by atoms with Gasteiger partial charge in [-0.1, -0.05) is 72.8 Å². The lowest BCUT2D eigenvalue weighted by Crippen LogP contribution is -2.38. The topological polar surface area (TPSA) is 71.1 Å². The number of hydrogen-bond acceptors (Lipinski definition) is 6. The summed E-state index contributed by atoms with van der Waals surface area (Å²) >= 11 is 0. The number of esters is 1. The van der Waals surface area contributed by atoms with Crippen molar-refractivity contribution in [1.82, 2.24) is 0 Å². The molecule has 0 heterocycles. The fraction of sp³-hybridized carbons (Fsp3) is 0.212. The van der Waals surface area contributed by atoms with E-state index < -0.39 is 5.41 Å². The largest absolute Gasteiger partial charge is 0.491 e. The molecular formula is C33H30O6. The zero-order chi connectivity index (χ0) is 27.2. The monoisotopic (exact) mass is 522 g/mol. The van der Waals surface area contributed by atoms with E-state index in [4.69, 9.17) is 18.9 Å². The predicted molar refractivity (Wildman–Crippen MR) is 148 cm³/mol. The molecule has 0 amide bonds. The number of ether oxygens (including phenoxy) is 4. The Labute approximate surface area is 228 Å². The highest BCUT2D eigenvalue weighted by Crippen LogP contribution is 2.51. The molecule has 6 heteroatoms. The van der Waals surface area contributed by atoms with E-state index >= 15 is 0 Å². The van der Waals surface area contributed by atoms with Crippen molar-refractivity contribution in [3.05, 3.63) is 130 Å². The Bertz CT molecular complexity index is 1410. The molecule has 0 aromatic heterocycles. The highest BCUT2D eigenvalue weighted by atomic mass is 16.6. The second-order valence-corrected chi connectivity index (χ2v) is 9.25. The quantitative estimate of drug-likeness (QED) is 0.176. The minimum absolute atomic E-state index is 0.0155. The van der Waals surface area contributed by atoms with Crippen LogP contribution in [0.2, 0.25) is 0 Å². The van der Waals surface area contributed by atoms with Gasteiger partial charge in [0.05, 0.1) is 12.0 Å². The first-order valence-electron chi connectivity index (χ1n) is 12.9. The Hall–Kier alpha value is -4.42. The molecule has 1 aliphatic carbocycles. The van der Waals surface area contributed by atoms with Gasteiger partial charge in [0.1, 0.15) is 31.3 Å². The predicted octanol–water partition coefficient (Wildman–Crippen LogP) is 5.58. The molecule has 0 unspecified atom stereocenters. The summed E-state index contributed by atoms with van der Waals surface area (Å²) in [7, 11) is 1.64. The summed E-state index contributed by atoms with van der Waals surface area (Å²) in [4.78, 5) is 24.7. The summed E-state index contributed by atoms with van der Waals surface area (Å²) < 4.78 is 21.7. The van der Waals surface area contributed by atoms with Gasteiger partial charge in [-0.25, -0.2) is 0 Å². The van der Waals surface area contributed by atoms with E-state index in [1.165, 1.54) is 6.92 Å². The van der Waals surface area contributed by atoms with Gasteiger partial charge in [-0.3, -0.25) is 9.59 Å². The molecule has 0 fully saturated rings. The lowest BCUT2D eigenvalue weighted by molar-refractivity contribution is -0.141. The molecule has 0 radical (unpaired) electrons. The summed E-state index contributed by atoms with van der Waals surface area (Å²) in [6.45, 7) is 2.78. The summed E-state index contributed by atoms with van der Waals surface area (Å²) in [5.41, 5.74) is 4.46. The zero-order valence-corrected chi connectivity index (χ0v) is 22.0. The zero-order valence-electron chi connectivity index (χ0n) is 22.0. The Morgan fingerprint density at radius 2 is 1.10 bits per heavy atom. The van der Waals surface area contributed by atoms with Crippen LogP contribution in [0, 0.1) is 0 Å². The molecule has 198 valence electrons. The summed E-state index contributed by atoms with van der Waals surface area (Å²) in [5, 5.41) is 0. The van der Waals surface area contributed by atoms with E-state index in [1.807, 2.05) is 84.9 Å². The molecule has 0 atom stereocenters. The molecule has 0 aliphatic heterocycles. The number of benzene rings is 4. The molecule has 4 aromatic rings. The fourth-order valence-electron chi connectivity index (χ4n) is 5.29. The van der Waals surface area contributed by atoms with Crippen LogP contribution < -0.4 is 9.47 Å². The van der Waals surface area contributed by atoms with Crippen LogP contribution in [-0.4, -0.2) is 45.3 Å². The Balaban J connectivity index is 1.63. The Morgan fingerprint density at radius 3 is 1.56 bits per heavy atom. The number of carbonyl (C=O) groups is 2. The molecular weight excluding hydrogens is 492 g/mol. The third-order valence-electron chi connectivity index (χ3n) is 6.94. The number of fused-ring (bicyclic) bond motifs is 2. The van der Waals surface area contributed by atoms with Gasteiger partial charge in [0.25, 0.3) is 0 Å². The average Bonchev–Trinajstić information content (AvgIpc) is 2.97. The van der Waals surface area contributed by atoms with Crippen LogP contribution >= 0.6 is 0 Å². The maximum atomic E-state index is 13.6. The molecule has 1 aliphatic rings. The van der Waals surface area contributed by atoms with Gasteiger partial charge < -0.3 is 18.9 Å². The number of methoxy groups -OCH3 is 1. The van der Waals surface area contributed by atoms with Crippen molar-refractivity contribution in [2.24, 2.45) is 0 Å². The molecule has 0 N–H and O–H groups in total. The first kappa shape index (κ1) is 26.2. The molecule has 6 nitrogen and oxygen atoms in total. The van der Waals surface area contributed by atoms with Gasteiger partial charge in [-0.05, 0) is 46.5 Å². The first-order valence-corrected chi connectivity index (χ1v) is 12.9. The van der Waals surface area contributed by atoms with Crippen LogP contribution in [0.25, 0.3) is 0 Å². The maximum absolute atomic E-state index is 13.6. The highest BCUT2D eigenvalue weighted by Gasteiger charge is 2.46. The lowest BCUT2D eigenvalue weighted by Gasteiger charge is -2.41. The van der Waals surface area contributed by atoms with Crippen LogP contribution in [0.15, 0.2) is 97.1 Å². The minimum atomic E-state index is -0.748. The average molecular weight is 523 g/mol. The second-order valence-electron chi connectivity index (χ2n) is 9.25. The molecule has 39 heavy (non-hydrogen) atoms. The smallest absolute Gasteiger partial charge is 0.302 e. The van der Waals surface area contributed by atoms with Gasteiger partial charge in [-0.15, -0.1) is 0 Å². The number of carbonyl (C=O) groups excluding carboxylic acids is 2. The van der Waals surface area contributed by atoms with Crippen LogP contribution in [0.5, 0.6) is 11.5 Å². The van der Waals surface area contributed by atoms with Gasteiger partial charge >= 0.3 is 5.97 Å². The second kappa shape index (κ2) is 11.5. The van der Waals surface area contributed by atoms with Gasteiger partial charge in [-0.2, -0.15) is 0 Å². The van der Waals surface area contributed by atoms with Crippen molar-refractivity contribution in [1.29, 1.82) is 0 Å². The lowest BCUT2D eigenvalue weighted by atomic mass is 9.59. The van der Waals surface area contributed by atoms with Crippen LogP contribution in [-0.2, 0) is 19.7 Å². The van der Waals surface area contributed by atoms with E-state index in [1.54, 1.807) is 7.11 Å². The molecule has 0 bridgehead atoms. The van der Waals surface area contributed by atoms with Crippen molar-refractivity contribution in [3.8, 4) is 11.5 Å². The van der Waals surface area contributed by atoms with Gasteiger partial charge in [0, 0.05) is 25.2 Å². The number of rotatable bonds is 10. The van der Waals surface area contributed by atoms with Gasteiger partial charge in [0.15, 0.2) is 5.78 Å². The van der Waals surface area contributed by atoms with Crippen LogP contribution in [0.4, 0.5) is 0 Å². The van der Waals surface area contributed by atoms with Crippen molar-refractivity contribution < 1.29 is 28.5 Å². The van der Waals surface area contributed by atoms with Crippen molar-refractivity contribution >= 4 is 11.8 Å². The fourth-order valence-corrected chi connectivity index (χ4v) is 5.29. The van der Waals surface area contributed by atoms with E-state index in [0.717, 1.165) is 28.0 Å². The van der Waals surface area contributed by atoms with E-state index in [0.29, 0.717) is 30.1 Å². The van der Waals surface area contributed by atoms with Crippen molar-refractivity contribution in [2.75, 3.05) is 33.5 Å². The first-order chi connectivity index (χ1) is 19.1. The molecule has 0 spiro atoms. The molecule has 5 rings (SSSR count). The highest BCUT2D eigenvalue weighted by molar-refractivity contribution is 6.14. The Morgan fingerprint density at radius 1 is 0.641 bits per heavy atom. The number of ketones is 1. The van der Waals surface area contributed by atoms with Gasteiger partial charge in [0.2, 0.25) is 0 Å². The molecule has 0 saturated carbocycles. The number of hydrogen-bond donors (Lipinski definition) is 0. The third kappa shape index (κ3) is 5.03. The summed E-state index contributed by atoms with van der Waals surface area (Å²) in [6, 6.07) is 31.6. The van der Waals surface area contributed by atoms with Crippen LogP contribution in [0.1, 0.15) is 45.1 Å². The van der Waals surface area contributed by atoms with Crippen molar-refractivity contribution in [2.45, 2.75) is 12.3 Å². The van der Waals surface area contributed by atoms with Crippen LogP contribution in [0.3, 0.4) is 0 Å². The normalized spacial score (nSPS) is 13.2. The molecule has 4 aromatic carbocycles. The Kier molecular flexibility index (Phi) is 7.75. The van der Waals surface area contributed by atoms with E-state index in [2.05, 4.69) is 12.1 Å². The third-order valence-corrected chi connectivity index (χ3v) is 6.94. The molecule has 0 saturated heterocycles. The SMILES string of the molecule is COCCOc1ccc(C2(c3ccc(OCCOC(C)=O)cc3)c3ccccc3C(=O)c3ccccc32)cc1. The van der Waals surface area contributed by atoms with E-state index in [-0.39, 0.29) is 25.0 Å². The maximum Gasteiger partial charge on any atom is 0.302 e. The summed E-state index contributed by atoms with van der Waals surface area (Å²) in [6.07, 6.45) is 0. The standard InChI is InChI=1S/C33H30O6/c1-23(34)37-21-22-39-27-17-13-25(14-18-27)33(24-11-15-26(16-12-24)38-20-19-36-2)30-9-5-3-7-28(30)32(35)29-8-4-6-10-31(29)33/h3-18H,19-22H2,1-2H3. The summed E-state index contributed by atoms with van der Waals surface area (Å²) in [5.74, 6) is 1.09. The van der Waals surface area contributed by atoms with E-state index in [9.17, 15) is 9.59 Å².